The van der Waals surface area contributed by atoms with Crippen molar-refractivity contribution in [1.82, 2.24) is 9.80 Å². The molecule has 1 aromatic carbocycles. The molecular weight excluding hydrogens is 330 g/mol. The molecule has 0 saturated carbocycles. The summed E-state index contributed by atoms with van der Waals surface area (Å²) in [6.45, 7) is 13.4. The number of hydrogen-bond donors (Lipinski definition) is 0. The summed E-state index contributed by atoms with van der Waals surface area (Å²) in [6, 6.07) is 8.84. The smallest absolute Gasteiger partial charge is 0.410 e. The summed E-state index contributed by atoms with van der Waals surface area (Å²) >= 11 is 0. The van der Waals surface area contributed by atoms with Gasteiger partial charge in [-0.15, -0.1) is 0 Å². The molecule has 144 valence electrons. The lowest BCUT2D eigenvalue weighted by Gasteiger charge is -2.35. The van der Waals surface area contributed by atoms with Crippen LogP contribution in [0, 0.1) is 0 Å². The second-order valence-corrected chi connectivity index (χ2v) is 8.01. The van der Waals surface area contributed by atoms with Crippen molar-refractivity contribution in [1.29, 1.82) is 0 Å². The number of amides is 1. The summed E-state index contributed by atoms with van der Waals surface area (Å²) in [5.74, 6) is 0. The second kappa shape index (κ2) is 8.27. The van der Waals surface area contributed by atoms with E-state index in [2.05, 4.69) is 34.1 Å². The Labute approximate surface area is 156 Å². The summed E-state index contributed by atoms with van der Waals surface area (Å²) in [5.41, 5.74) is 2.15. The van der Waals surface area contributed by atoms with Crippen LogP contribution in [0.25, 0.3) is 0 Å². The lowest BCUT2D eigenvalue weighted by molar-refractivity contribution is 0.0139. The van der Waals surface area contributed by atoms with Gasteiger partial charge in [-0.2, -0.15) is 0 Å². The molecule has 0 bridgehead atoms. The van der Waals surface area contributed by atoms with Crippen molar-refractivity contribution < 1.29 is 14.3 Å². The minimum atomic E-state index is -0.434. The molecule has 2 fully saturated rings. The van der Waals surface area contributed by atoms with Gasteiger partial charge in [-0.3, -0.25) is 4.90 Å². The number of carbonyl (C=O) groups excluding carboxylic acids is 1. The highest BCUT2D eigenvalue weighted by atomic mass is 16.6. The van der Waals surface area contributed by atoms with E-state index in [1.807, 2.05) is 25.7 Å². The van der Waals surface area contributed by atoms with Crippen LogP contribution in [0.4, 0.5) is 10.5 Å². The number of ether oxygens (including phenoxy) is 2. The highest BCUT2D eigenvalue weighted by Gasteiger charge is 2.25. The summed E-state index contributed by atoms with van der Waals surface area (Å²) in [4.78, 5) is 18.7. The van der Waals surface area contributed by atoms with Gasteiger partial charge in [0.1, 0.15) is 5.60 Å². The van der Waals surface area contributed by atoms with Gasteiger partial charge in [-0.1, -0.05) is 12.1 Å². The molecule has 3 rings (SSSR count). The minimum Gasteiger partial charge on any atom is -0.444 e. The van der Waals surface area contributed by atoms with Crippen LogP contribution in [-0.2, 0) is 16.0 Å². The van der Waals surface area contributed by atoms with Crippen LogP contribution < -0.4 is 4.90 Å². The van der Waals surface area contributed by atoms with E-state index in [0.717, 1.165) is 59.0 Å². The van der Waals surface area contributed by atoms with Gasteiger partial charge in [0.25, 0.3) is 0 Å². The van der Waals surface area contributed by atoms with Crippen LogP contribution in [0.15, 0.2) is 24.3 Å². The van der Waals surface area contributed by atoms with Gasteiger partial charge in [0.15, 0.2) is 0 Å². The summed E-state index contributed by atoms with van der Waals surface area (Å²) < 4.78 is 10.9. The van der Waals surface area contributed by atoms with Gasteiger partial charge in [-0.25, -0.2) is 4.79 Å². The zero-order valence-corrected chi connectivity index (χ0v) is 16.2. The largest absolute Gasteiger partial charge is 0.444 e. The first-order chi connectivity index (χ1) is 12.4. The average Bonchev–Trinajstić information content (AvgIpc) is 2.62. The predicted octanol–water partition coefficient (Wildman–Crippen LogP) is 2.58. The number of hydrogen-bond acceptors (Lipinski definition) is 5. The third-order valence-electron chi connectivity index (χ3n) is 4.74. The van der Waals surface area contributed by atoms with E-state index in [9.17, 15) is 4.79 Å². The van der Waals surface area contributed by atoms with E-state index in [0.29, 0.717) is 0 Å². The van der Waals surface area contributed by atoms with Crippen molar-refractivity contribution in [2.45, 2.75) is 32.9 Å². The first-order valence-corrected chi connectivity index (χ1v) is 9.53. The normalized spacial score (nSPS) is 19.5. The fourth-order valence-electron chi connectivity index (χ4n) is 3.31. The van der Waals surface area contributed by atoms with Gasteiger partial charge in [0.05, 0.1) is 13.2 Å². The predicted molar refractivity (Wildman–Crippen MR) is 103 cm³/mol. The topological polar surface area (TPSA) is 45.2 Å². The monoisotopic (exact) mass is 361 g/mol. The number of morpholine rings is 1. The van der Waals surface area contributed by atoms with E-state index in [1.54, 1.807) is 0 Å². The van der Waals surface area contributed by atoms with Crippen LogP contribution >= 0.6 is 0 Å². The van der Waals surface area contributed by atoms with E-state index >= 15 is 0 Å². The maximum Gasteiger partial charge on any atom is 0.410 e. The maximum atomic E-state index is 12.1. The molecule has 2 aliphatic heterocycles. The third-order valence-corrected chi connectivity index (χ3v) is 4.74. The summed E-state index contributed by atoms with van der Waals surface area (Å²) in [6.07, 6.45) is -0.202. The van der Waals surface area contributed by atoms with Crippen molar-refractivity contribution in [3.8, 4) is 0 Å². The van der Waals surface area contributed by atoms with E-state index in [1.165, 1.54) is 11.3 Å². The molecule has 0 aromatic heterocycles. The Bertz CT molecular complexity index is 583. The molecule has 6 nitrogen and oxygen atoms in total. The lowest BCUT2D eigenvalue weighted by Crippen LogP contribution is -2.49. The quantitative estimate of drug-likeness (QED) is 0.828. The molecule has 0 atom stereocenters. The van der Waals surface area contributed by atoms with Crippen molar-refractivity contribution in [2.75, 3.05) is 57.4 Å². The van der Waals surface area contributed by atoms with Crippen LogP contribution in [0.5, 0.6) is 0 Å². The van der Waals surface area contributed by atoms with E-state index < -0.39 is 5.60 Å². The zero-order chi connectivity index (χ0) is 18.6. The molecule has 1 amide bonds. The molecule has 0 spiro atoms. The SMILES string of the molecule is CC(C)(C)OC(=O)N1CCN(Cc2ccc(N3CCOCC3)cc2)CC1. The maximum absolute atomic E-state index is 12.1. The summed E-state index contributed by atoms with van der Waals surface area (Å²) in [7, 11) is 0. The van der Waals surface area contributed by atoms with Crippen molar-refractivity contribution in [3.63, 3.8) is 0 Å². The molecular formula is C20H31N3O3. The highest BCUT2D eigenvalue weighted by molar-refractivity contribution is 5.68. The Kier molecular flexibility index (Phi) is 6.04. The highest BCUT2D eigenvalue weighted by Crippen LogP contribution is 2.18. The molecule has 0 unspecified atom stereocenters. The van der Waals surface area contributed by atoms with Crippen LogP contribution in [0.3, 0.4) is 0 Å². The van der Waals surface area contributed by atoms with Gasteiger partial charge >= 0.3 is 6.09 Å². The molecule has 2 saturated heterocycles. The van der Waals surface area contributed by atoms with Gasteiger partial charge in [0.2, 0.25) is 0 Å². The first-order valence-electron chi connectivity index (χ1n) is 9.53. The average molecular weight is 361 g/mol. The lowest BCUT2D eigenvalue weighted by atomic mass is 10.1. The Morgan fingerprint density at radius 2 is 1.62 bits per heavy atom. The number of rotatable bonds is 3. The van der Waals surface area contributed by atoms with Crippen LogP contribution in [0.2, 0.25) is 0 Å². The van der Waals surface area contributed by atoms with E-state index in [-0.39, 0.29) is 6.09 Å². The van der Waals surface area contributed by atoms with Crippen molar-refractivity contribution in [3.05, 3.63) is 29.8 Å². The van der Waals surface area contributed by atoms with Gasteiger partial charge < -0.3 is 19.3 Å². The fourth-order valence-corrected chi connectivity index (χ4v) is 3.31. The first kappa shape index (κ1) is 19.0. The Morgan fingerprint density at radius 3 is 2.19 bits per heavy atom. The number of carbonyl (C=O) groups is 1. The van der Waals surface area contributed by atoms with Gasteiger partial charge in [-0.05, 0) is 38.5 Å². The Balaban J connectivity index is 1.46. The number of anilines is 1. The Hall–Kier alpha value is -1.79. The molecule has 2 heterocycles. The van der Waals surface area contributed by atoms with Crippen LogP contribution in [-0.4, -0.2) is 74.0 Å². The minimum absolute atomic E-state index is 0.202. The second-order valence-electron chi connectivity index (χ2n) is 8.01. The standard InChI is InChI=1S/C20H31N3O3/c1-20(2,3)26-19(24)23-10-8-21(9-11-23)16-17-4-6-18(7-5-17)22-12-14-25-15-13-22/h4-7H,8-16H2,1-3H3. The van der Waals surface area contributed by atoms with Gasteiger partial charge in [0, 0.05) is 51.5 Å². The number of nitrogens with zero attached hydrogens (tertiary/aromatic N) is 3. The summed E-state index contributed by atoms with van der Waals surface area (Å²) in [5, 5.41) is 0. The molecule has 0 N–H and O–H groups in total. The van der Waals surface area contributed by atoms with Crippen LogP contribution in [0.1, 0.15) is 26.3 Å². The fraction of sp³-hybridized carbons (Fsp3) is 0.650. The number of benzene rings is 1. The molecule has 2 aliphatic rings. The Morgan fingerprint density at radius 1 is 1.00 bits per heavy atom. The molecule has 0 radical (unpaired) electrons. The molecule has 26 heavy (non-hydrogen) atoms. The molecule has 6 heteroatoms. The van der Waals surface area contributed by atoms with Crippen molar-refractivity contribution >= 4 is 11.8 Å². The van der Waals surface area contributed by atoms with Crippen molar-refractivity contribution in [2.24, 2.45) is 0 Å². The third kappa shape index (κ3) is 5.35. The molecule has 1 aromatic rings. The molecule has 0 aliphatic carbocycles. The van der Waals surface area contributed by atoms with E-state index in [4.69, 9.17) is 9.47 Å². The zero-order valence-electron chi connectivity index (χ0n) is 16.2. The number of piperazine rings is 1.